The van der Waals surface area contributed by atoms with Gasteiger partial charge in [-0.3, -0.25) is 0 Å². The van der Waals surface area contributed by atoms with E-state index in [1.54, 1.807) is 0 Å². The van der Waals surface area contributed by atoms with Crippen molar-refractivity contribution in [2.75, 3.05) is 13.2 Å². The topological polar surface area (TPSA) is 32.3 Å². The second-order valence-electron chi connectivity index (χ2n) is 5.41. The van der Waals surface area contributed by atoms with E-state index in [4.69, 9.17) is 0 Å². The summed E-state index contributed by atoms with van der Waals surface area (Å²) < 4.78 is 0. The average Bonchev–Trinajstić information content (AvgIpc) is 2.88. The number of aryl methyl sites for hydroxylation is 2. The number of nitrogens with one attached hydrogen (secondary N) is 1. The van der Waals surface area contributed by atoms with E-state index in [-0.39, 0.29) is 5.41 Å². The number of thiophene rings is 1. The Morgan fingerprint density at radius 1 is 1.35 bits per heavy atom. The first-order valence-electron chi connectivity index (χ1n) is 6.53. The van der Waals surface area contributed by atoms with Gasteiger partial charge in [0.1, 0.15) is 0 Å². The third kappa shape index (κ3) is 3.09. The van der Waals surface area contributed by atoms with Crippen molar-refractivity contribution in [3.8, 4) is 0 Å². The molecule has 1 fully saturated rings. The maximum absolute atomic E-state index is 9.53. The summed E-state index contributed by atoms with van der Waals surface area (Å²) in [5.41, 5.74) is 1.58. The fraction of sp³-hybridized carbons (Fsp3) is 0.714. The Bertz CT molecular complexity index is 366. The van der Waals surface area contributed by atoms with Crippen molar-refractivity contribution in [2.45, 2.75) is 46.1 Å². The first kappa shape index (κ1) is 13.1. The lowest BCUT2D eigenvalue weighted by Crippen LogP contribution is -2.34. The fourth-order valence-corrected chi connectivity index (χ4v) is 3.78. The first-order chi connectivity index (χ1) is 8.15. The van der Waals surface area contributed by atoms with Gasteiger partial charge in [0.05, 0.1) is 0 Å². The molecular weight excluding hydrogens is 230 g/mol. The predicted molar refractivity (Wildman–Crippen MR) is 73.5 cm³/mol. The zero-order chi connectivity index (χ0) is 12.3. The SMILES string of the molecule is Cc1cc(CNCC2(CO)CCCC2)c(C)s1. The number of rotatable bonds is 5. The van der Waals surface area contributed by atoms with Gasteiger partial charge in [0.15, 0.2) is 0 Å². The summed E-state index contributed by atoms with van der Waals surface area (Å²) in [5.74, 6) is 0. The number of aliphatic hydroxyl groups excluding tert-OH is 1. The first-order valence-corrected chi connectivity index (χ1v) is 7.34. The Kier molecular flexibility index (Phi) is 4.23. The number of aliphatic hydroxyl groups is 1. The lowest BCUT2D eigenvalue weighted by molar-refractivity contribution is 0.128. The van der Waals surface area contributed by atoms with E-state index >= 15 is 0 Å². The van der Waals surface area contributed by atoms with Gasteiger partial charge in [-0.25, -0.2) is 0 Å². The van der Waals surface area contributed by atoms with Crippen LogP contribution in [0.5, 0.6) is 0 Å². The smallest absolute Gasteiger partial charge is 0.0499 e. The van der Waals surface area contributed by atoms with Gasteiger partial charge in [0.25, 0.3) is 0 Å². The zero-order valence-electron chi connectivity index (χ0n) is 10.9. The van der Waals surface area contributed by atoms with Gasteiger partial charge in [-0.2, -0.15) is 0 Å². The van der Waals surface area contributed by atoms with Crippen LogP contribution >= 0.6 is 11.3 Å². The molecule has 1 aromatic rings. The normalized spacial score (nSPS) is 18.8. The zero-order valence-corrected chi connectivity index (χ0v) is 11.7. The van der Waals surface area contributed by atoms with Crippen LogP contribution < -0.4 is 5.32 Å². The summed E-state index contributed by atoms with van der Waals surface area (Å²) in [5, 5.41) is 13.1. The van der Waals surface area contributed by atoms with Gasteiger partial charge in [-0.1, -0.05) is 12.8 Å². The van der Waals surface area contributed by atoms with E-state index < -0.39 is 0 Å². The molecule has 1 aliphatic rings. The van der Waals surface area contributed by atoms with Crippen LogP contribution in [0.3, 0.4) is 0 Å². The molecule has 0 amide bonds. The molecule has 3 heteroatoms. The highest BCUT2D eigenvalue weighted by atomic mass is 32.1. The van der Waals surface area contributed by atoms with Crippen LogP contribution in [0.2, 0.25) is 0 Å². The highest BCUT2D eigenvalue weighted by Crippen LogP contribution is 2.37. The Balaban J connectivity index is 1.84. The second kappa shape index (κ2) is 5.51. The van der Waals surface area contributed by atoms with E-state index in [9.17, 15) is 5.11 Å². The Morgan fingerprint density at radius 3 is 2.59 bits per heavy atom. The van der Waals surface area contributed by atoms with Crippen LogP contribution in [0.1, 0.15) is 41.0 Å². The second-order valence-corrected chi connectivity index (χ2v) is 6.87. The minimum atomic E-state index is 0.166. The van der Waals surface area contributed by atoms with Crippen molar-refractivity contribution in [3.63, 3.8) is 0 Å². The van der Waals surface area contributed by atoms with E-state index in [2.05, 4.69) is 25.2 Å². The van der Waals surface area contributed by atoms with Crippen LogP contribution in [0.4, 0.5) is 0 Å². The molecule has 0 aliphatic heterocycles. The molecule has 1 heterocycles. The summed E-state index contributed by atoms with van der Waals surface area (Å²) in [7, 11) is 0. The van der Waals surface area contributed by atoms with E-state index in [1.807, 2.05) is 11.3 Å². The van der Waals surface area contributed by atoms with Crippen LogP contribution in [0.15, 0.2) is 6.07 Å². The average molecular weight is 253 g/mol. The third-order valence-corrected chi connectivity index (χ3v) is 4.97. The molecule has 0 radical (unpaired) electrons. The van der Waals surface area contributed by atoms with Crippen molar-refractivity contribution in [1.29, 1.82) is 0 Å². The summed E-state index contributed by atoms with van der Waals surface area (Å²) in [6.45, 7) is 6.58. The van der Waals surface area contributed by atoms with Crippen LogP contribution in [-0.2, 0) is 6.54 Å². The highest BCUT2D eigenvalue weighted by molar-refractivity contribution is 7.12. The number of hydrogen-bond donors (Lipinski definition) is 2. The van der Waals surface area contributed by atoms with Gasteiger partial charge in [0, 0.05) is 34.9 Å². The molecule has 0 bridgehead atoms. The van der Waals surface area contributed by atoms with Crippen molar-refractivity contribution in [1.82, 2.24) is 5.32 Å². The molecule has 2 rings (SSSR count). The Labute approximate surface area is 108 Å². The molecule has 96 valence electrons. The van der Waals surface area contributed by atoms with Crippen molar-refractivity contribution in [2.24, 2.45) is 5.41 Å². The predicted octanol–water partition coefficient (Wildman–Crippen LogP) is 3.01. The summed E-state index contributed by atoms with van der Waals surface area (Å²) in [6.07, 6.45) is 4.91. The molecule has 1 aliphatic carbocycles. The molecule has 17 heavy (non-hydrogen) atoms. The quantitative estimate of drug-likeness (QED) is 0.845. The van der Waals surface area contributed by atoms with Gasteiger partial charge < -0.3 is 10.4 Å². The van der Waals surface area contributed by atoms with Gasteiger partial charge >= 0.3 is 0 Å². The molecule has 1 saturated carbocycles. The minimum absolute atomic E-state index is 0.166. The molecule has 0 spiro atoms. The largest absolute Gasteiger partial charge is 0.396 e. The third-order valence-electron chi connectivity index (χ3n) is 3.96. The Hall–Kier alpha value is -0.380. The monoisotopic (exact) mass is 253 g/mol. The number of hydrogen-bond acceptors (Lipinski definition) is 3. The lowest BCUT2D eigenvalue weighted by Gasteiger charge is -2.26. The van der Waals surface area contributed by atoms with Gasteiger partial charge in [0.2, 0.25) is 0 Å². The van der Waals surface area contributed by atoms with E-state index in [0.29, 0.717) is 6.61 Å². The van der Waals surface area contributed by atoms with Crippen LogP contribution in [0.25, 0.3) is 0 Å². The van der Waals surface area contributed by atoms with Gasteiger partial charge in [-0.15, -0.1) is 11.3 Å². The molecule has 0 atom stereocenters. The van der Waals surface area contributed by atoms with Crippen LogP contribution in [0, 0.1) is 19.3 Å². The molecule has 0 aromatic carbocycles. The maximum Gasteiger partial charge on any atom is 0.0499 e. The molecule has 2 N–H and O–H groups in total. The summed E-state index contributed by atoms with van der Waals surface area (Å²) in [4.78, 5) is 2.80. The van der Waals surface area contributed by atoms with E-state index in [0.717, 1.165) is 13.1 Å². The standard InChI is InChI=1S/C14H23NOS/c1-11-7-13(12(2)17-11)8-15-9-14(10-16)5-3-4-6-14/h7,15-16H,3-6,8-10H2,1-2H3. The molecule has 2 nitrogen and oxygen atoms in total. The van der Waals surface area contributed by atoms with Crippen molar-refractivity contribution >= 4 is 11.3 Å². The van der Waals surface area contributed by atoms with Crippen molar-refractivity contribution in [3.05, 3.63) is 21.4 Å². The lowest BCUT2D eigenvalue weighted by atomic mass is 9.87. The molecule has 0 saturated heterocycles. The molecular formula is C14H23NOS. The highest BCUT2D eigenvalue weighted by Gasteiger charge is 2.32. The maximum atomic E-state index is 9.53. The summed E-state index contributed by atoms with van der Waals surface area (Å²) >= 11 is 1.87. The van der Waals surface area contributed by atoms with Crippen molar-refractivity contribution < 1.29 is 5.11 Å². The molecule has 0 unspecified atom stereocenters. The van der Waals surface area contributed by atoms with Gasteiger partial charge in [-0.05, 0) is 38.3 Å². The Morgan fingerprint density at radius 2 is 2.06 bits per heavy atom. The summed E-state index contributed by atoms with van der Waals surface area (Å²) in [6, 6.07) is 2.27. The molecule has 1 aromatic heterocycles. The van der Waals surface area contributed by atoms with E-state index in [1.165, 1.54) is 41.0 Å². The fourth-order valence-electron chi connectivity index (χ4n) is 2.84. The minimum Gasteiger partial charge on any atom is -0.396 e. The van der Waals surface area contributed by atoms with Crippen LogP contribution in [-0.4, -0.2) is 18.3 Å².